The van der Waals surface area contributed by atoms with Crippen molar-refractivity contribution in [3.63, 3.8) is 0 Å². The zero-order valence-electron chi connectivity index (χ0n) is 10.5. The lowest BCUT2D eigenvalue weighted by Crippen LogP contribution is -2.04. The first kappa shape index (κ1) is 12.1. The topological polar surface area (TPSA) is 80.5 Å². The fourth-order valence-corrected chi connectivity index (χ4v) is 1.82. The van der Waals surface area contributed by atoms with Gasteiger partial charge in [0.05, 0.1) is 5.69 Å². The Bertz CT molecular complexity index is 606. The minimum atomic E-state index is 0.360. The number of aromatic nitrogens is 3. The third kappa shape index (κ3) is 2.05. The van der Waals surface area contributed by atoms with E-state index >= 15 is 0 Å². The van der Waals surface area contributed by atoms with Gasteiger partial charge >= 0.3 is 0 Å². The van der Waals surface area contributed by atoms with Crippen LogP contribution in [-0.2, 0) is 6.42 Å². The van der Waals surface area contributed by atoms with Gasteiger partial charge in [-0.15, -0.1) is 0 Å². The van der Waals surface area contributed by atoms with Gasteiger partial charge in [0.1, 0.15) is 17.5 Å². The number of hydrogen-bond acceptors (Lipinski definition) is 4. The Kier molecular flexibility index (Phi) is 3.28. The molecule has 0 atom stereocenters. The summed E-state index contributed by atoms with van der Waals surface area (Å²) in [6.07, 6.45) is 3.37. The highest BCUT2D eigenvalue weighted by molar-refractivity contribution is 5.55. The first-order valence-electron chi connectivity index (χ1n) is 5.87. The fraction of sp³-hybridized carbons (Fsp3) is 0.308. The maximum absolute atomic E-state index is 9.14. The van der Waals surface area contributed by atoms with Gasteiger partial charge in [-0.25, -0.2) is 4.98 Å². The molecule has 2 aromatic rings. The van der Waals surface area contributed by atoms with E-state index in [1.165, 1.54) is 4.68 Å². The van der Waals surface area contributed by atoms with Crippen molar-refractivity contribution in [2.45, 2.75) is 26.7 Å². The summed E-state index contributed by atoms with van der Waals surface area (Å²) in [6.45, 7) is 4.02. The van der Waals surface area contributed by atoms with Gasteiger partial charge in [0, 0.05) is 6.20 Å². The predicted octanol–water partition coefficient (Wildman–Crippen LogP) is 1.98. The van der Waals surface area contributed by atoms with E-state index in [0.29, 0.717) is 17.2 Å². The van der Waals surface area contributed by atoms with Gasteiger partial charge in [-0.2, -0.15) is 15.0 Å². The number of nitrogens with two attached hydrogens (primary N) is 1. The molecule has 2 rings (SSSR count). The molecule has 0 saturated carbocycles. The molecule has 0 aliphatic carbocycles. The summed E-state index contributed by atoms with van der Waals surface area (Å²) in [4.78, 5) is 4.23. The molecule has 5 heteroatoms. The Morgan fingerprint density at radius 1 is 1.50 bits per heavy atom. The molecule has 0 bridgehead atoms. The summed E-state index contributed by atoms with van der Waals surface area (Å²) in [5, 5.41) is 13.5. The third-order valence-corrected chi connectivity index (χ3v) is 2.71. The Labute approximate surface area is 106 Å². The highest BCUT2D eigenvalue weighted by Crippen LogP contribution is 2.20. The molecule has 5 nitrogen and oxygen atoms in total. The van der Waals surface area contributed by atoms with Crippen molar-refractivity contribution in [2.24, 2.45) is 0 Å². The second-order valence-electron chi connectivity index (χ2n) is 4.17. The summed E-state index contributed by atoms with van der Waals surface area (Å²) < 4.78 is 1.54. The second-order valence-corrected chi connectivity index (χ2v) is 4.17. The van der Waals surface area contributed by atoms with Crippen LogP contribution in [0.3, 0.4) is 0 Å². The van der Waals surface area contributed by atoms with Crippen LogP contribution in [0, 0.1) is 18.3 Å². The molecule has 2 heterocycles. The van der Waals surface area contributed by atoms with Crippen molar-refractivity contribution in [3.8, 4) is 11.9 Å². The van der Waals surface area contributed by atoms with E-state index < -0.39 is 0 Å². The summed E-state index contributed by atoms with van der Waals surface area (Å²) >= 11 is 0. The van der Waals surface area contributed by atoms with Crippen LogP contribution >= 0.6 is 0 Å². The van der Waals surface area contributed by atoms with E-state index in [1.54, 1.807) is 6.20 Å². The van der Waals surface area contributed by atoms with E-state index in [4.69, 9.17) is 11.0 Å². The molecule has 0 aliphatic heterocycles. The molecule has 0 saturated heterocycles. The summed E-state index contributed by atoms with van der Waals surface area (Å²) in [7, 11) is 0. The van der Waals surface area contributed by atoms with Crippen molar-refractivity contribution < 1.29 is 0 Å². The maximum atomic E-state index is 9.14. The number of aryl methyl sites for hydroxylation is 2. The van der Waals surface area contributed by atoms with Gasteiger partial charge in [0.2, 0.25) is 0 Å². The van der Waals surface area contributed by atoms with Crippen LogP contribution < -0.4 is 5.73 Å². The van der Waals surface area contributed by atoms with Gasteiger partial charge in [0.25, 0.3) is 0 Å². The number of nitriles is 1. The highest BCUT2D eigenvalue weighted by atomic mass is 15.3. The zero-order valence-corrected chi connectivity index (χ0v) is 10.5. The van der Waals surface area contributed by atoms with E-state index in [1.807, 2.05) is 26.0 Å². The van der Waals surface area contributed by atoms with Crippen molar-refractivity contribution in [1.82, 2.24) is 14.8 Å². The number of nitrogen functional groups attached to an aromatic ring is 1. The Hall–Kier alpha value is -2.35. The largest absolute Gasteiger partial charge is 0.382 e. The third-order valence-electron chi connectivity index (χ3n) is 2.71. The predicted molar refractivity (Wildman–Crippen MR) is 69.2 cm³/mol. The molecular formula is C13H15N5. The minimum absolute atomic E-state index is 0.360. The smallest absolute Gasteiger partial charge is 0.155 e. The minimum Gasteiger partial charge on any atom is -0.382 e. The highest BCUT2D eigenvalue weighted by Gasteiger charge is 2.16. The molecular weight excluding hydrogens is 226 g/mol. The normalized spacial score (nSPS) is 10.3. The van der Waals surface area contributed by atoms with Crippen LogP contribution in [0.2, 0.25) is 0 Å². The van der Waals surface area contributed by atoms with E-state index in [2.05, 4.69) is 16.2 Å². The number of pyridine rings is 1. The average Bonchev–Trinajstić information content (AvgIpc) is 2.66. The van der Waals surface area contributed by atoms with Gasteiger partial charge in [-0.3, -0.25) is 0 Å². The maximum Gasteiger partial charge on any atom is 0.155 e. The summed E-state index contributed by atoms with van der Waals surface area (Å²) in [6, 6.07) is 5.91. The number of nitrogens with zero attached hydrogens (tertiary/aromatic N) is 4. The molecule has 2 aromatic heterocycles. The Morgan fingerprint density at radius 2 is 2.28 bits per heavy atom. The van der Waals surface area contributed by atoms with Gasteiger partial charge in [-0.05, 0) is 31.0 Å². The second kappa shape index (κ2) is 4.88. The van der Waals surface area contributed by atoms with Crippen LogP contribution in [0.1, 0.15) is 30.2 Å². The molecule has 0 spiro atoms. The van der Waals surface area contributed by atoms with Crippen molar-refractivity contribution in [1.29, 1.82) is 5.26 Å². The van der Waals surface area contributed by atoms with Crippen LogP contribution in [0.5, 0.6) is 0 Å². The van der Waals surface area contributed by atoms with Crippen LogP contribution in [0.25, 0.3) is 5.82 Å². The molecule has 0 radical (unpaired) electrons. The fourth-order valence-electron chi connectivity index (χ4n) is 1.82. The lowest BCUT2D eigenvalue weighted by atomic mass is 10.2. The average molecular weight is 241 g/mol. The van der Waals surface area contributed by atoms with E-state index in [0.717, 1.165) is 24.1 Å². The van der Waals surface area contributed by atoms with Crippen molar-refractivity contribution in [2.75, 3.05) is 5.73 Å². The Balaban J connectivity index is 2.56. The van der Waals surface area contributed by atoms with Crippen LogP contribution in [0.4, 0.5) is 5.82 Å². The first-order chi connectivity index (χ1) is 8.67. The van der Waals surface area contributed by atoms with Gasteiger partial charge < -0.3 is 5.73 Å². The van der Waals surface area contributed by atoms with Gasteiger partial charge in [-0.1, -0.05) is 13.3 Å². The molecule has 0 aromatic carbocycles. The lowest BCUT2D eigenvalue weighted by Gasteiger charge is -2.03. The monoisotopic (exact) mass is 241 g/mol. The lowest BCUT2D eigenvalue weighted by molar-refractivity contribution is 0.794. The summed E-state index contributed by atoms with van der Waals surface area (Å²) in [5.74, 6) is 1.01. The zero-order chi connectivity index (χ0) is 13.1. The standard InChI is InChI=1S/C13H15N5/c1-3-4-11-10(8-14)13(15)18(17-11)12-7-9(2)5-6-16-12/h5-7H,3-4,15H2,1-2H3. The number of rotatable bonds is 3. The number of hydrogen-bond donors (Lipinski definition) is 1. The van der Waals surface area contributed by atoms with Crippen LogP contribution in [-0.4, -0.2) is 14.8 Å². The molecule has 92 valence electrons. The Morgan fingerprint density at radius 3 is 2.89 bits per heavy atom. The quantitative estimate of drug-likeness (QED) is 0.890. The first-order valence-corrected chi connectivity index (χ1v) is 5.87. The van der Waals surface area contributed by atoms with E-state index in [9.17, 15) is 0 Å². The SMILES string of the molecule is CCCc1nn(-c2cc(C)ccn2)c(N)c1C#N. The number of anilines is 1. The molecule has 0 fully saturated rings. The van der Waals surface area contributed by atoms with Gasteiger partial charge in [0.15, 0.2) is 5.82 Å². The molecule has 0 amide bonds. The van der Waals surface area contributed by atoms with Crippen molar-refractivity contribution >= 4 is 5.82 Å². The van der Waals surface area contributed by atoms with E-state index in [-0.39, 0.29) is 0 Å². The molecule has 2 N–H and O–H groups in total. The summed E-state index contributed by atoms with van der Waals surface area (Å²) in [5.41, 5.74) is 8.23. The van der Waals surface area contributed by atoms with Crippen molar-refractivity contribution in [3.05, 3.63) is 35.2 Å². The van der Waals surface area contributed by atoms with Crippen LogP contribution in [0.15, 0.2) is 18.3 Å². The molecule has 18 heavy (non-hydrogen) atoms. The molecule has 0 unspecified atom stereocenters. The molecule has 0 aliphatic rings.